The normalized spacial score (nSPS) is 18.6. The van der Waals surface area contributed by atoms with E-state index in [1.807, 2.05) is 47.5 Å². The summed E-state index contributed by atoms with van der Waals surface area (Å²) in [5.41, 5.74) is 6.39. The molecule has 12 heteroatoms. The minimum absolute atomic E-state index is 0.314. The van der Waals surface area contributed by atoms with Gasteiger partial charge in [0.25, 0.3) is 11.8 Å². The van der Waals surface area contributed by atoms with Gasteiger partial charge in [-0.25, -0.2) is 9.97 Å². The predicted molar refractivity (Wildman–Crippen MR) is 211 cm³/mol. The van der Waals surface area contributed by atoms with Crippen LogP contribution in [-0.2, 0) is 40.0 Å². The Hall–Kier alpha value is -3.70. The van der Waals surface area contributed by atoms with Gasteiger partial charge in [-0.1, -0.05) is 92.4 Å². The number of amides is 2. The van der Waals surface area contributed by atoms with Crippen molar-refractivity contribution in [3.63, 3.8) is 0 Å². The van der Waals surface area contributed by atoms with E-state index in [4.69, 9.17) is 33.2 Å². The van der Waals surface area contributed by atoms with Crippen molar-refractivity contribution >= 4 is 46.4 Å². The maximum Gasteiger partial charge on any atom is 0.291 e. The summed E-state index contributed by atoms with van der Waals surface area (Å²) in [5.74, 6) is 0.957. The Bertz CT molecular complexity index is 2010. The molecule has 2 saturated carbocycles. The summed E-state index contributed by atoms with van der Waals surface area (Å²) in [4.78, 5) is 42.0. The highest BCUT2D eigenvalue weighted by Gasteiger charge is 2.31. The molecule has 0 bridgehead atoms. The van der Waals surface area contributed by atoms with Gasteiger partial charge in [-0.2, -0.15) is 0 Å². The molecule has 4 aromatic rings. The lowest BCUT2D eigenvalue weighted by Gasteiger charge is -2.31. The summed E-state index contributed by atoms with van der Waals surface area (Å²) in [6.45, 7) is 4.62. The molecule has 4 heterocycles. The van der Waals surface area contributed by atoms with Gasteiger partial charge in [-0.3, -0.25) is 19.4 Å². The molecule has 2 aromatic heterocycles. The zero-order chi connectivity index (χ0) is 36.6. The van der Waals surface area contributed by atoms with Crippen LogP contribution in [0.1, 0.15) is 108 Å². The number of benzene rings is 2. The standard InChI is InChI=1S/C41H50Cl2N8O2/c1-48-34-19-22-50(21-18-26-10-4-3-5-11-26)24-32(34)44-38(48)40(52)46-30-16-8-14-28(36(30)42)29-15-9-17-31(37(29)43)47-41(53)39-45-33-25-51(27-12-6-7-13-27)23-20-35(33)49(39)2/h8-9,14-17,26-27H,3-7,10-13,18-25H2,1-2H3,(H,46,52)(H,47,53). The predicted octanol–water partition coefficient (Wildman–Crippen LogP) is 8.26. The fourth-order valence-electron chi connectivity index (χ4n) is 9.18. The van der Waals surface area contributed by atoms with Crippen LogP contribution in [0.15, 0.2) is 36.4 Å². The highest BCUT2D eigenvalue weighted by molar-refractivity contribution is 6.40. The van der Waals surface area contributed by atoms with Crippen LogP contribution in [0.25, 0.3) is 11.1 Å². The maximum atomic E-state index is 13.7. The molecule has 8 rings (SSSR count). The van der Waals surface area contributed by atoms with Crippen molar-refractivity contribution in [3.05, 3.63) is 80.9 Å². The Morgan fingerprint density at radius 3 is 1.83 bits per heavy atom. The Kier molecular flexibility index (Phi) is 10.7. The van der Waals surface area contributed by atoms with Crippen molar-refractivity contribution in [1.82, 2.24) is 28.9 Å². The average molecular weight is 758 g/mol. The molecule has 0 atom stereocenters. The summed E-state index contributed by atoms with van der Waals surface area (Å²) in [6, 6.07) is 11.5. The number of anilines is 2. The van der Waals surface area contributed by atoms with E-state index in [-0.39, 0.29) is 11.8 Å². The third-order valence-corrected chi connectivity index (χ3v) is 13.0. The zero-order valence-electron chi connectivity index (χ0n) is 30.9. The molecule has 10 nitrogen and oxygen atoms in total. The van der Waals surface area contributed by atoms with Crippen molar-refractivity contribution in [2.45, 2.75) is 96.2 Å². The molecular formula is C41H50Cl2N8O2. The SMILES string of the molecule is Cn1c(C(=O)Nc2cccc(-c3cccc(NC(=O)c4nc5c(n4C)CCN(C4CCCC4)C5)c3Cl)c2Cl)nc2c1CCN(CCC1CCCCC1)C2. The van der Waals surface area contributed by atoms with Crippen molar-refractivity contribution in [1.29, 1.82) is 0 Å². The quantitative estimate of drug-likeness (QED) is 0.179. The van der Waals surface area contributed by atoms with E-state index in [2.05, 4.69) is 20.4 Å². The smallest absolute Gasteiger partial charge is 0.291 e. The van der Waals surface area contributed by atoms with Crippen LogP contribution in [-0.4, -0.2) is 66.4 Å². The molecule has 4 aliphatic rings. The van der Waals surface area contributed by atoms with Crippen molar-refractivity contribution in [3.8, 4) is 11.1 Å². The molecule has 2 N–H and O–H groups in total. The summed E-state index contributed by atoms with van der Waals surface area (Å²) in [7, 11) is 3.83. The maximum absolute atomic E-state index is 13.7. The molecule has 0 radical (unpaired) electrons. The van der Waals surface area contributed by atoms with Crippen LogP contribution in [0.5, 0.6) is 0 Å². The molecule has 280 valence electrons. The number of hydrogen-bond donors (Lipinski definition) is 2. The lowest BCUT2D eigenvalue weighted by molar-refractivity contribution is 0.100. The second-order valence-electron chi connectivity index (χ2n) is 15.5. The van der Waals surface area contributed by atoms with Gasteiger partial charge in [-0.05, 0) is 43.9 Å². The van der Waals surface area contributed by atoms with E-state index in [0.717, 1.165) is 74.3 Å². The van der Waals surface area contributed by atoms with E-state index in [1.54, 1.807) is 12.1 Å². The first-order valence-electron chi connectivity index (χ1n) is 19.5. The van der Waals surface area contributed by atoms with Gasteiger partial charge in [0.1, 0.15) is 0 Å². The number of fused-ring (bicyclic) bond motifs is 2. The minimum Gasteiger partial charge on any atom is -0.327 e. The Labute approximate surface area is 322 Å². The number of carbonyl (C=O) groups excluding carboxylic acids is 2. The molecule has 0 unspecified atom stereocenters. The third-order valence-electron chi connectivity index (χ3n) is 12.2. The van der Waals surface area contributed by atoms with Crippen LogP contribution in [0.2, 0.25) is 10.0 Å². The van der Waals surface area contributed by atoms with E-state index in [9.17, 15) is 9.59 Å². The second kappa shape index (κ2) is 15.6. The van der Waals surface area contributed by atoms with Gasteiger partial charge in [0.15, 0.2) is 11.6 Å². The van der Waals surface area contributed by atoms with Gasteiger partial charge in [0.05, 0.1) is 32.8 Å². The van der Waals surface area contributed by atoms with Crippen LogP contribution in [0, 0.1) is 5.92 Å². The number of hydrogen-bond acceptors (Lipinski definition) is 6. The van der Waals surface area contributed by atoms with E-state index >= 15 is 0 Å². The summed E-state index contributed by atoms with van der Waals surface area (Å²) in [5, 5.41) is 6.71. The fraction of sp³-hybridized carbons (Fsp3) is 0.512. The number of imidazole rings is 2. The number of halogens is 2. The molecule has 2 fully saturated rings. The van der Waals surface area contributed by atoms with Crippen LogP contribution in [0.3, 0.4) is 0 Å². The lowest BCUT2D eigenvalue weighted by Crippen LogP contribution is -2.38. The average Bonchev–Trinajstić information content (AvgIpc) is 3.91. The first-order chi connectivity index (χ1) is 25.7. The van der Waals surface area contributed by atoms with Gasteiger partial charge >= 0.3 is 0 Å². The topological polar surface area (TPSA) is 100 Å². The Morgan fingerprint density at radius 1 is 0.717 bits per heavy atom. The van der Waals surface area contributed by atoms with E-state index < -0.39 is 0 Å². The van der Waals surface area contributed by atoms with Crippen molar-refractivity contribution in [2.75, 3.05) is 30.3 Å². The van der Waals surface area contributed by atoms with Crippen LogP contribution in [0.4, 0.5) is 11.4 Å². The largest absolute Gasteiger partial charge is 0.327 e. The number of rotatable bonds is 9. The minimum atomic E-state index is -0.314. The summed E-state index contributed by atoms with van der Waals surface area (Å²) >= 11 is 14.0. The van der Waals surface area contributed by atoms with Crippen LogP contribution >= 0.6 is 23.2 Å². The Balaban J connectivity index is 0.950. The van der Waals surface area contributed by atoms with Crippen molar-refractivity contribution in [2.24, 2.45) is 20.0 Å². The van der Waals surface area contributed by atoms with Crippen molar-refractivity contribution < 1.29 is 9.59 Å². The van der Waals surface area contributed by atoms with Gasteiger partial charge in [0.2, 0.25) is 0 Å². The first-order valence-corrected chi connectivity index (χ1v) is 20.3. The number of carbonyl (C=O) groups is 2. The summed E-state index contributed by atoms with van der Waals surface area (Å²) in [6.07, 6.45) is 14.9. The highest BCUT2D eigenvalue weighted by Crippen LogP contribution is 2.40. The van der Waals surface area contributed by atoms with E-state index in [1.165, 1.54) is 64.2 Å². The molecule has 0 spiro atoms. The molecule has 53 heavy (non-hydrogen) atoms. The molecular weight excluding hydrogens is 707 g/mol. The van der Waals surface area contributed by atoms with Crippen LogP contribution < -0.4 is 10.6 Å². The Morgan fingerprint density at radius 2 is 1.25 bits per heavy atom. The molecule has 2 aliphatic heterocycles. The van der Waals surface area contributed by atoms with Gasteiger partial charge in [-0.15, -0.1) is 0 Å². The fourth-order valence-corrected chi connectivity index (χ4v) is 9.73. The first kappa shape index (κ1) is 36.3. The number of nitrogens with zero attached hydrogens (tertiary/aromatic N) is 6. The van der Waals surface area contributed by atoms with Gasteiger partial charge < -0.3 is 19.8 Å². The van der Waals surface area contributed by atoms with E-state index in [0.29, 0.717) is 50.2 Å². The number of aromatic nitrogens is 4. The molecule has 2 amide bonds. The molecule has 2 aliphatic carbocycles. The monoisotopic (exact) mass is 756 g/mol. The zero-order valence-corrected chi connectivity index (χ0v) is 32.4. The number of nitrogens with one attached hydrogen (secondary N) is 2. The lowest BCUT2D eigenvalue weighted by atomic mass is 9.87. The highest BCUT2D eigenvalue weighted by atomic mass is 35.5. The van der Waals surface area contributed by atoms with Gasteiger partial charge in [0, 0.05) is 81.7 Å². The molecule has 2 aromatic carbocycles. The second-order valence-corrected chi connectivity index (χ2v) is 16.3. The molecule has 0 saturated heterocycles. The third kappa shape index (κ3) is 7.40. The summed E-state index contributed by atoms with van der Waals surface area (Å²) < 4.78 is 3.84.